The summed E-state index contributed by atoms with van der Waals surface area (Å²) in [7, 11) is 0. The molecule has 1 N–H and O–H groups in total. The van der Waals surface area contributed by atoms with E-state index < -0.39 is 0 Å². The Bertz CT molecular complexity index is 342. The zero-order valence-corrected chi connectivity index (χ0v) is 11.5. The summed E-state index contributed by atoms with van der Waals surface area (Å²) in [6.45, 7) is 0.925. The molecule has 82 valence electrons. The SMILES string of the molecule is Clc1sc(CNC2CC=CCC2)cc1Br. The Labute approximate surface area is 108 Å². The van der Waals surface area contributed by atoms with Crippen LogP contribution in [0.25, 0.3) is 0 Å². The van der Waals surface area contributed by atoms with Gasteiger partial charge >= 0.3 is 0 Å². The molecule has 1 heterocycles. The molecule has 1 aliphatic rings. The Kier molecular flexibility index (Phi) is 4.26. The van der Waals surface area contributed by atoms with Gasteiger partial charge in [-0.15, -0.1) is 11.3 Å². The summed E-state index contributed by atoms with van der Waals surface area (Å²) in [5.74, 6) is 0. The molecule has 0 amide bonds. The highest BCUT2D eigenvalue weighted by Crippen LogP contribution is 2.31. The molecular weight excluding hydrogens is 294 g/mol. The van der Waals surface area contributed by atoms with Crippen molar-refractivity contribution in [2.24, 2.45) is 0 Å². The minimum atomic E-state index is 0.634. The average molecular weight is 307 g/mol. The molecule has 0 spiro atoms. The Balaban J connectivity index is 1.84. The van der Waals surface area contributed by atoms with Crippen LogP contribution in [0, 0.1) is 0 Å². The lowest BCUT2D eigenvalue weighted by molar-refractivity contribution is 0.476. The predicted octanol–water partition coefficient (Wildman–Crippen LogP) is 4.36. The molecule has 2 rings (SSSR count). The van der Waals surface area contributed by atoms with Crippen LogP contribution >= 0.6 is 38.9 Å². The average Bonchev–Trinajstić information content (AvgIpc) is 2.57. The molecule has 1 aromatic rings. The normalized spacial score (nSPS) is 20.8. The van der Waals surface area contributed by atoms with Gasteiger partial charge in [-0.3, -0.25) is 0 Å². The summed E-state index contributed by atoms with van der Waals surface area (Å²) < 4.78 is 1.85. The number of nitrogens with one attached hydrogen (secondary N) is 1. The minimum absolute atomic E-state index is 0.634. The number of thiophene rings is 1. The molecule has 1 atom stereocenters. The summed E-state index contributed by atoms with van der Waals surface area (Å²) in [6.07, 6.45) is 8.12. The highest BCUT2D eigenvalue weighted by atomic mass is 79.9. The van der Waals surface area contributed by atoms with Crippen molar-refractivity contribution in [1.82, 2.24) is 5.32 Å². The molecular formula is C11H13BrClNS. The first-order valence-electron chi connectivity index (χ1n) is 5.08. The molecule has 0 aromatic carbocycles. The lowest BCUT2D eigenvalue weighted by atomic mass is 10.0. The van der Waals surface area contributed by atoms with E-state index in [0.29, 0.717) is 6.04 Å². The van der Waals surface area contributed by atoms with Crippen LogP contribution in [-0.2, 0) is 6.54 Å². The molecule has 1 nitrogen and oxygen atoms in total. The maximum absolute atomic E-state index is 5.98. The van der Waals surface area contributed by atoms with Crippen molar-refractivity contribution < 1.29 is 0 Å². The standard InChI is InChI=1S/C11H13BrClNS/c12-10-6-9(15-11(10)13)7-14-8-4-2-1-3-5-8/h1-2,6,8,14H,3-5,7H2. The Morgan fingerprint density at radius 1 is 1.53 bits per heavy atom. The Morgan fingerprint density at radius 2 is 2.40 bits per heavy atom. The van der Waals surface area contributed by atoms with Gasteiger partial charge in [-0.2, -0.15) is 0 Å². The van der Waals surface area contributed by atoms with Crippen LogP contribution in [0.1, 0.15) is 24.1 Å². The summed E-state index contributed by atoms with van der Waals surface area (Å²) in [4.78, 5) is 1.29. The second kappa shape index (κ2) is 5.48. The fourth-order valence-corrected chi connectivity index (χ4v) is 3.44. The van der Waals surface area contributed by atoms with Gasteiger partial charge in [0.25, 0.3) is 0 Å². The molecule has 1 aliphatic carbocycles. The molecule has 0 radical (unpaired) electrons. The number of allylic oxidation sites excluding steroid dienone is 1. The lowest BCUT2D eigenvalue weighted by Gasteiger charge is -2.18. The van der Waals surface area contributed by atoms with E-state index in [1.807, 2.05) is 0 Å². The largest absolute Gasteiger partial charge is 0.309 e. The third kappa shape index (κ3) is 3.31. The van der Waals surface area contributed by atoms with Gasteiger partial charge in [-0.1, -0.05) is 23.8 Å². The van der Waals surface area contributed by atoms with Gasteiger partial charge in [0.05, 0.1) is 0 Å². The zero-order valence-electron chi connectivity index (χ0n) is 8.30. The quantitative estimate of drug-likeness (QED) is 0.818. The van der Waals surface area contributed by atoms with Gasteiger partial charge in [0.2, 0.25) is 0 Å². The van der Waals surface area contributed by atoms with Gasteiger partial charge in [0.15, 0.2) is 0 Å². The van der Waals surface area contributed by atoms with E-state index in [0.717, 1.165) is 21.8 Å². The van der Waals surface area contributed by atoms with Crippen molar-refractivity contribution in [3.63, 3.8) is 0 Å². The first-order valence-corrected chi connectivity index (χ1v) is 7.06. The van der Waals surface area contributed by atoms with Crippen LogP contribution in [0.3, 0.4) is 0 Å². The van der Waals surface area contributed by atoms with Gasteiger partial charge in [-0.25, -0.2) is 0 Å². The zero-order chi connectivity index (χ0) is 10.7. The number of hydrogen-bond acceptors (Lipinski definition) is 2. The Morgan fingerprint density at radius 3 is 3.00 bits per heavy atom. The van der Waals surface area contributed by atoms with Crippen LogP contribution in [0.2, 0.25) is 4.34 Å². The number of halogens is 2. The van der Waals surface area contributed by atoms with Gasteiger partial charge in [0, 0.05) is 21.9 Å². The monoisotopic (exact) mass is 305 g/mol. The topological polar surface area (TPSA) is 12.0 Å². The van der Waals surface area contributed by atoms with E-state index in [2.05, 4.69) is 39.5 Å². The maximum Gasteiger partial charge on any atom is 0.107 e. The molecule has 0 bridgehead atoms. The lowest BCUT2D eigenvalue weighted by Crippen LogP contribution is -2.28. The summed E-state index contributed by atoms with van der Waals surface area (Å²) >= 11 is 11.0. The molecule has 0 aliphatic heterocycles. The van der Waals surface area contributed by atoms with E-state index in [-0.39, 0.29) is 0 Å². The van der Waals surface area contributed by atoms with E-state index in [4.69, 9.17) is 11.6 Å². The smallest absolute Gasteiger partial charge is 0.107 e. The van der Waals surface area contributed by atoms with Crippen LogP contribution in [-0.4, -0.2) is 6.04 Å². The van der Waals surface area contributed by atoms with E-state index in [1.165, 1.54) is 17.7 Å². The minimum Gasteiger partial charge on any atom is -0.309 e. The van der Waals surface area contributed by atoms with Crippen molar-refractivity contribution in [2.45, 2.75) is 31.8 Å². The number of hydrogen-bond donors (Lipinski definition) is 1. The maximum atomic E-state index is 5.98. The highest BCUT2D eigenvalue weighted by Gasteiger charge is 2.10. The molecule has 0 saturated heterocycles. The fraction of sp³-hybridized carbons (Fsp3) is 0.455. The first-order chi connectivity index (χ1) is 7.25. The Hall–Kier alpha value is 0.170. The summed E-state index contributed by atoms with van der Waals surface area (Å²) in [5.41, 5.74) is 0. The molecule has 1 unspecified atom stereocenters. The van der Waals surface area contributed by atoms with Crippen molar-refractivity contribution in [1.29, 1.82) is 0 Å². The van der Waals surface area contributed by atoms with Crippen molar-refractivity contribution in [2.75, 3.05) is 0 Å². The second-order valence-electron chi connectivity index (χ2n) is 3.70. The third-order valence-electron chi connectivity index (χ3n) is 2.53. The van der Waals surface area contributed by atoms with Gasteiger partial charge in [0.1, 0.15) is 4.34 Å². The van der Waals surface area contributed by atoms with Crippen LogP contribution in [0.15, 0.2) is 22.7 Å². The van der Waals surface area contributed by atoms with Crippen molar-refractivity contribution in [3.05, 3.63) is 31.9 Å². The van der Waals surface area contributed by atoms with Crippen molar-refractivity contribution >= 4 is 38.9 Å². The van der Waals surface area contributed by atoms with Crippen LogP contribution in [0.4, 0.5) is 0 Å². The number of rotatable bonds is 3. The van der Waals surface area contributed by atoms with Crippen molar-refractivity contribution in [3.8, 4) is 0 Å². The summed E-state index contributed by atoms with van der Waals surface area (Å²) in [5, 5.41) is 3.56. The van der Waals surface area contributed by atoms with E-state index in [9.17, 15) is 0 Å². The van der Waals surface area contributed by atoms with E-state index >= 15 is 0 Å². The molecule has 4 heteroatoms. The molecule has 0 saturated carbocycles. The van der Waals surface area contributed by atoms with Gasteiger partial charge < -0.3 is 5.32 Å². The molecule has 15 heavy (non-hydrogen) atoms. The molecule has 0 fully saturated rings. The third-order valence-corrected chi connectivity index (χ3v) is 5.00. The summed E-state index contributed by atoms with van der Waals surface area (Å²) in [6, 6.07) is 2.73. The van der Waals surface area contributed by atoms with Crippen LogP contribution < -0.4 is 5.32 Å². The molecule has 1 aromatic heterocycles. The fourth-order valence-electron chi connectivity index (χ4n) is 1.70. The van der Waals surface area contributed by atoms with E-state index in [1.54, 1.807) is 11.3 Å². The van der Waals surface area contributed by atoms with Crippen LogP contribution in [0.5, 0.6) is 0 Å². The van der Waals surface area contributed by atoms with Gasteiger partial charge in [-0.05, 0) is 41.3 Å². The first kappa shape index (κ1) is 11.6. The highest BCUT2D eigenvalue weighted by molar-refractivity contribution is 9.10. The second-order valence-corrected chi connectivity index (χ2v) is 6.29. The predicted molar refractivity (Wildman–Crippen MR) is 70.6 cm³/mol.